The van der Waals surface area contributed by atoms with Crippen LogP contribution in [0.4, 0.5) is 34.1 Å². The quantitative estimate of drug-likeness (QED) is 0.164. The van der Waals surface area contributed by atoms with Crippen LogP contribution in [0.2, 0.25) is 0 Å². The highest BCUT2D eigenvalue weighted by molar-refractivity contribution is 7.26. The highest BCUT2D eigenvalue weighted by Gasteiger charge is 2.45. The molecular weight excluding hydrogens is 792 g/mol. The van der Waals surface area contributed by atoms with Crippen LogP contribution in [0, 0.1) is 6.92 Å². The molecule has 3 heterocycles. The zero-order chi connectivity index (χ0) is 44.0. The van der Waals surface area contributed by atoms with Gasteiger partial charge < -0.3 is 9.80 Å². The normalized spacial score (nSPS) is 14.7. The monoisotopic (exact) mass is 844 g/mol. The second kappa shape index (κ2) is 13.6. The van der Waals surface area contributed by atoms with E-state index >= 15 is 0 Å². The summed E-state index contributed by atoms with van der Waals surface area (Å²) in [7, 11) is 0. The van der Waals surface area contributed by atoms with Crippen LogP contribution >= 0.6 is 11.3 Å². The molecule has 12 rings (SSSR count). The molecule has 312 valence electrons. The minimum Gasteiger partial charge on any atom is -0.311 e. The Kier molecular flexibility index (Phi) is 8.33. The lowest BCUT2D eigenvalue weighted by molar-refractivity contribution is 0.590. The third-order valence-electron chi connectivity index (χ3n) is 14.6. The molecule has 64 heavy (non-hydrogen) atoms. The Labute approximate surface area is 382 Å². The first-order valence-corrected chi connectivity index (χ1v) is 23.8. The van der Waals surface area contributed by atoms with Crippen molar-refractivity contribution in [3.63, 3.8) is 0 Å². The van der Waals surface area contributed by atoms with E-state index in [9.17, 15) is 0 Å². The van der Waals surface area contributed by atoms with Crippen molar-refractivity contribution in [2.75, 3.05) is 9.80 Å². The Morgan fingerprint density at radius 2 is 1.05 bits per heavy atom. The first-order chi connectivity index (χ1) is 30.7. The van der Waals surface area contributed by atoms with Crippen LogP contribution in [0.3, 0.4) is 0 Å². The molecule has 0 unspecified atom stereocenters. The van der Waals surface area contributed by atoms with E-state index in [-0.39, 0.29) is 23.0 Å². The minimum absolute atomic E-state index is 0.0161. The smallest absolute Gasteiger partial charge is 0.252 e. The lowest BCUT2D eigenvalue weighted by Gasteiger charge is -2.45. The minimum atomic E-state index is -0.113. The molecule has 0 N–H and O–H groups in total. The number of aryl methyl sites for hydroxylation is 1. The zero-order valence-electron chi connectivity index (χ0n) is 38.4. The third kappa shape index (κ3) is 5.71. The van der Waals surface area contributed by atoms with Gasteiger partial charge in [-0.05, 0) is 145 Å². The van der Waals surface area contributed by atoms with E-state index in [1.54, 1.807) is 0 Å². The number of hydrogen-bond donors (Lipinski definition) is 0. The Hall–Kier alpha value is -6.36. The van der Waals surface area contributed by atoms with Gasteiger partial charge in [-0.25, -0.2) is 0 Å². The number of fused-ring (bicyclic) bond motifs is 10. The van der Waals surface area contributed by atoms with Crippen LogP contribution in [0.1, 0.15) is 83.2 Å². The highest BCUT2D eigenvalue weighted by Crippen LogP contribution is 2.52. The van der Waals surface area contributed by atoms with Gasteiger partial charge in [-0.2, -0.15) is 0 Å². The van der Waals surface area contributed by atoms with Gasteiger partial charge in [-0.3, -0.25) is 0 Å². The van der Waals surface area contributed by atoms with Crippen LogP contribution in [-0.4, -0.2) is 6.71 Å². The van der Waals surface area contributed by atoms with Crippen molar-refractivity contribution < 1.29 is 0 Å². The molecule has 0 radical (unpaired) electrons. The summed E-state index contributed by atoms with van der Waals surface area (Å²) in [6.07, 6.45) is 0. The number of hydrogen-bond acceptors (Lipinski definition) is 3. The van der Waals surface area contributed by atoms with Gasteiger partial charge in [0.15, 0.2) is 0 Å². The fraction of sp³-hybridized carbons (Fsp3) is 0.200. The molecule has 0 amide bonds. The molecule has 1 aliphatic carbocycles. The van der Waals surface area contributed by atoms with Gasteiger partial charge in [-0.1, -0.05) is 152 Å². The molecule has 0 saturated heterocycles. The zero-order valence-corrected chi connectivity index (χ0v) is 39.2. The van der Waals surface area contributed by atoms with E-state index in [1.165, 1.54) is 121 Å². The second-order valence-corrected chi connectivity index (χ2v) is 22.2. The average molecular weight is 845 g/mol. The van der Waals surface area contributed by atoms with Crippen LogP contribution in [0.5, 0.6) is 0 Å². The largest absolute Gasteiger partial charge is 0.311 e. The molecule has 0 atom stereocenters. The molecule has 0 fully saturated rings. The van der Waals surface area contributed by atoms with Gasteiger partial charge in [0, 0.05) is 59.7 Å². The first-order valence-electron chi connectivity index (χ1n) is 23.0. The summed E-state index contributed by atoms with van der Waals surface area (Å²) in [4.78, 5) is 5.16. The number of anilines is 6. The molecule has 2 aliphatic heterocycles. The summed E-state index contributed by atoms with van der Waals surface area (Å²) in [5.41, 5.74) is 23.3. The van der Waals surface area contributed by atoms with E-state index in [4.69, 9.17) is 0 Å². The van der Waals surface area contributed by atoms with Crippen molar-refractivity contribution in [1.29, 1.82) is 0 Å². The predicted molar refractivity (Wildman–Crippen MR) is 278 cm³/mol. The van der Waals surface area contributed by atoms with E-state index in [2.05, 4.69) is 230 Å². The molecule has 0 bridgehead atoms. The summed E-state index contributed by atoms with van der Waals surface area (Å²) in [5, 5.41) is 2.67. The molecular formula is C60H53BN2S. The average Bonchev–Trinajstić information content (AvgIpc) is 3.77. The summed E-state index contributed by atoms with van der Waals surface area (Å²) in [6, 6.07) is 60.8. The van der Waals surface area contributed by atoms with Crippen LogP contribution < -0.4 is 26.2 Å². The van der Waals surface area contributed by atoms with Gasteiger partial charge in [0.25, 0.3) is 6.71 Å². The topological polar surface area (TPSA) is 6.48 Å². The maximum absolute atomic E-state index is 2.59. The summed E-state index contributed by atoms with van der Waals surface area (Å²) in [6.45, 7) is 21.2. The Bertz CT molecular complexity index is 3410. The maximum Gasteiger partial charge on any atom is 0.252 e. The van der Waals surface area contributed by atoms with Gasteiger partial charge in [0.1, 0.15) is 0 Å². The molecule has 1 aromatic heterocycles. The van der Waals surface area contributed by atoms with E-state index in [0.29, 0.717) is 0 Å². The van der Waals surface area contributed by atoms with E-state index in [1.807, 2.05) is 11.3 Å². The van der Waals surface area contributed by atoms with Crippen molar-refractivity contribution in [2.24, 2.45) is 0 Å². The molecule has 4 heteroatoms. The number of nitrogens with zero attached hydrogens (tertiary/aromatic N) is 2. The number of thiophene rings is 1. The van der Waals surface area contributed by atoms with Crippen molar-refractivity contribution in [3.05, 3.63) is 186 Å². The third-order valence-corrected chi connectivity index (χ3v) is 15.7. The van der Waals surface area contributed by atoms with Crippen molar-refractivity contribution in [2.45, 2.75) is 78.6 Å². The molecule has 0 saturated carbocycles. The van der Waals surface area contributed by atoms with Crippen molar-refractivity contribution >= 4 is 88.7 Å². The maximum atomic E-state index is 2.59. The second-order valence-electron chi connectivity index (χ2n) is 21.1. The Balaban J connectivity index is 1.10. The summed E-state index contributed by atoms with van der Waals surface area (Å²) in [5.74, 6) is 0. The molecule has 9 aromatic rings. The fourth-order valence-electron chi connectivity index (χ4n) is 11.3. The van der Waals surface area contributed by atoms with Crippen molar-refractivity contribution in [3.8, 4) is 22.3 Å². The summed E-state index contributed by atoms with van der Waals surface area (Å²) >= 11 is 1.88. The SMILES string of the molecule is Cc1cc2c3c(c1)N(c1ccc4c(c1)C(C)(C)c1ccccc1-4)c1ccc(C(C)(C)C)cc1B3c1cc(C(C)(C)C)ccc1N2c1ccc(-c2cccc3sc4ccccc4c23)cc1. The van der Waals surface area contributed by atoms with E-state index in [0.717, 1.165) is 0 Å². The van der Waals surface area contributed by atoms with Crippen LogP contribution in [0.25, 0.3) is 42.4 Å². The lowest BCUT2D eigenvalue weighted by atomic mass is 9.33. The first kappa shape index (κ1) is 39.3. The molecule has 2 nitrogen and oxygen atoms in total. The summed E-state index contributed by atoms with van der Waals surface area (Å²) < 4.78 is 2.66. The highest BCUT2D eigenvalue weighted by atomic mass is 32.1. The molecule has 3 aliphatic rings. The standard InChI is InChI=1S/C60H53BN2S/c1-36-31-52-57-53(32-36)63(41-27-28-44-43-15-10-12-18-46(43)60(8,9)47(44)35-41)51-30-24-39(59(5,6)7)34-49(51)61(57)48-33-38(58(2,3)4)23-29-50(48)62(52)40-25-21-37(22-26-40)42-17-14-20-55-56(42)45-16-11-13-19-54(45)64-55/h10-35H,1-9H3. The predicted octanol–water partition coefficient (Wildman–Crippen LogP) is 15.0. The number of rotatable bonds is 3. The van der Waals surface area contributed by atoms with Gasteiger partial charge in [-0.15, -0.1) is 11.3 Å². The van der Waals surface area contributed by atoms with Gasteiger partial charge >= 0.3 is 0 Å². The van der Waals surface area contributed by atoms with E-state index < -0.39 is 0 Å². The van der Waals surface area contributed by atoms with Crippen LogP contribution in [-0.2, 0) is 16.2 Å². The van der Waals surface area contributed by atoms with Crippen LogP contribution in [0.15, 0.2) is 158 Å². The molecule has 8 aromatic carbocycles. The molecule has 0 spiro atoms. The lowest BCUT2D eigenvalue weighted by Crippen LogP contribution is -2.61. The fourth-order valence-corrected chi connectivity index (χ4v) is 12.4. The Morgan fingerprint density at radius 3 is 1.72 bits per heavy atom. The van der Waals surface area contributed by atoms with Gasteiger partial charge in [0.2, 0.25) is 0 Å². The Morgan fingerprint density at radius 1 is 0.484 bits per heavy atom. The number of benzene rings is 8. The van der Waals surface area contributed by atoms with Crippen molar-refractivity contribution in [1.82, 2.24) is 0 Å². The van der Waals surface area contributed by atoms with Gasteiger partial charge in [0.05, 0.1) is 0 Å².